The molecule has 6 nitrogen and oxygen atoms in total. The van der Waals surface area contributed by atoms with Gasteiger partial charge in [0.1, 0.15) is 18.5 Å². The van der Waals surface area contributed by atoms with Crippen LogP contribution in [0.25, 0.3) is 0 Å². The highest BCUT2D eigenvalue weighted by atomic mass is 16.5. The number of β-amino-alcohol motifs (C(OH)–C–C–N with tert-alkyl or cyclic N) is 1. The van der Waals surface area contributed by atoms with Crippen LogP contribution in [0.4, 0.5) is 5.69 Å². The Morgan fingerprint density at radius 2 is 1.69 bits per heavy atom. The summed E-state index contributed by atoms with van der Waals surface area (Å²) in [4.78, 5) is 16.0. The van der Waals surface area contributed by atoms with Gasteiger partial charge in [-0.25, -0.2) is 0 Å². The number of carbonyl (C=O) groups excluding carboxylic acids is 1. The number of rotatable bonds is 8. The monoisotopic (exact) mass is 398 g/mol. The molecule has 0 amide bonds. The molecule has 1 fully saturated rings. The maximum absolute atomic E-state index is 11.3. The zero-order valence-corrected chi connectivity index (χ0v) is 17.2. The SMILES string of the molecule is COC(=O)Cc1ccc(OCC(O)CN2CCN(c3ccc(C)cc3)CC2)cc1. The van der Waals surface area contributed by atoms with E-state index in [4.69, 9.17) is 4.74 Å². The standard InChI is InChI=1S/C23H30N2O4/c1-18-3-7-20(8-4-18)25-13-11-24(12-14-25)16-21(26)17-29-22-9-5-19(6-10-22)15-23(27)28-2/h3-10,21,26H,11-17H2,1-2H3. The van der Waals surface area contributed by atoms with E-state index in [1.54, 1.807) is 0 Å². The Balaban J connectivity index is 1.38. The molecule has 1 aliphatic rings. The molecule has 0 spiro atoms. The van der Waals surface area contributed by atoms with E-state index in [1.165, 1.54) is 18.4 Å². The van der Waals surface area contributed by atoms with Crippen LogP contribution in [0.2, 0.25) is 0 Å². The number of carbonyl (C=O) groups is 1. The Kier molecular flexibility index (Phi) is 7.49. The average Bonchev–Trinajstić information content (AvgIpc) is 2.74. The first-order valence-corrected chi connectivity index (χ1v) is 10.0. The minimum absolute atomic E-state index is 0.244. The third-order valence-corrected chi connectivity index (χ3v) is 5.18. The second-order valence-corrected chi connectivity index (χ2v) is 7.48. The van der Waals surface area contributed by atoms with E-state index in [1.807, 2.05) is 24.3 Å². The lowest BCUT2D eigenvalue weighted by atomic mass is 10.1. The molecule has 1 saturated heterocycles. The Labute approximate surface area is 172 Å². The van der Waals surface area contributed by atoms with Crippen molar-refractivity contribution in [3.8, 4) is 5.75 Å². The fourth-order valence-corrected chi connectivity index (χ4v) is 3.43. The van der Waals surface area contributed by atoms with Crippen molar-refractivity contribution in [2.45, 2.75) is 19.4 Å². The summed E-state index contributed by atoms with van der Waals surface area (Å²) in [5.74, 6) is 0.415. The Morgan fingerprint density at radius 3 is 2.31 bits per heavy atom. The van der Waals surface area contributed by atoms with Gasteiger partial charge in [0.05, 0.1) is 13.5 Å². The van der Waals surface area contributed by atoms with Crippen molar-refractivity contribution in [3.63, 3.8) is 0 Å². The van der Waals surface area contributed by atoms with Crippen LogP contribution in [0, 0.1) is 6.92 Å². The smallest absolute Gasteiger partial charge is 0.309 e. The summed E-state index contributed by atoms with van der Waals surface area (Å²) in [6.07, 6.45) is -0.302. The van der Waals surface area contributed by atoms with Gasteiger partial charge in [-0.2, -0.15) is 0 Å². The molecule has 0 saturated carbocycles. The number of anilines is 1. The van der Waals surface area contributed by atoms with Crippen LogP contribution >= 0.6 is 0 Å². The van der Waals surface area contributed by atoms with E-state index in [0.29, 0.717) is 12.3 Å². The van der Waals surface area contributed by atoms with E-state index >= 15 is 0 Å². The van der Waals surface area contributed by atoms with Crippen LogP contribution in [0.3, 0.4) is 0 Å². The van der Waals surface area contributed by atoms with Crippen LogP contribution in [0.15, 0.2) is 48.5 Å². The molecular formula is C23H30N2O4. The van der Waals surface area contributed by atoms with Crippen molar-refractivity contribution >= 4 is 11.7 Å². The quantitative estimate of drug-likeness (QED) is 0.689. The molecule has 0 radical (unpaired) electrons. The van der Waals surface area contributed by atoms with Gasteiger partial charge in [0.15, 0.2) is 0 Å². The van der Waals surface area contributed by atoms with Crippen molar-refractivity contribution in [2.24, 2.45) is 0 Å². The van der Waals surface area contributed by atoms with Crippen LogP contribution in [0.5, 0.6) is 5.75 Å². The minimum atomic E-state index is -0.546. The van der Waals surface area contributed by atoms with Gasteiger partial charge in [-0.05, 0) is 36.8 Å². The lowest BCUT2D eigenvalue weighted by Crippen LogP contribution is -2.49. The fraction of sp³-hybridized carbons (Fsp3) is 0.435. The number of nitrogens with zero attached hydrogens (tertiary/aromatic N) is 2. The lowest BCUT2D eigenvalue weighted by molar-refractivity contribution is -0.139. The third kappa shape index (κ3) is 6.48. The summed E-state index contributed by atoms with van der Waals surface area (Å²) < 4.78 is 10.4. The minimum Gasteiger partial charge on any atom is -0.491 e. The molecule has 2 aromatic rings. The van der Waals surface area contributed by atoms with Gasteiger partial charge in [-0.3, -0.25) is 9.69 Å². The normalized spacial score (nSPS) is 15.8. The number of methoxy groups -OCH3 is 1. The number of esters is 1. The predicted octanol–water partition coefficient (Wildman–Crippen LogP) is 2.27. The molecule has 0 aromatic heterocycles. The fourth-order valence-electron chi connectivity index (χ4n) is 3.43. The predicted molar refractivity (Wildman–Crippen MR) is 113 cm³/mol. The van der Waals surface area contributed by atoms with Crippen molar-refractivity contribution in [1.29, 1.82) is 0 Å². The molecule has 1 aliphatic heterocycles. The lowest BCUT2D eigenvalue weighted by Gasteiger charge is -2.36. The first-order valence-electron chi connectivity index (χ1n) is 10.0. The van der Waals surface area contributed by atoms with Crippen molar-refractivity contribution in [3.05, 3.63) is 59.7 Å². The first kappa shape index (κ1) is 21.1. The molecule has 6 heteroatoms. The summed E-state index contributed by atoms with van der Waals surface area (Å²) in [6, 6.07) is 15.9. The van der Waals surface area contributed by atoms with E-state index in [2.05, 4.69) is 45.7 Å². The highest BCUT2D eigenvalue weighted by Gasteiger charge is 2.19. The van der Waals surface area contributed by atoms with Gasteiger partial charge < -0.3 is 19.5 Å². The number of hydrogen-bond donors (Lipinski definition) is 1. The van der Waals surface area contributed by atoms with Crippen LogP contribution in [-0.4, -0.2) is 68.5 Å². The van der Waals surface area contributed by atoms with Crippen LogP contribution in [0.1, 0.15) is 11.1 Å². The van der Waals surface area contributed by atoms with E-state index in [-0.39, 0.29) is 19.0 Å². The van der Waals surface area contributed by atoms with Gasteiger partial charge in [0.25, 0.3) is 0 Å². The van der Waals surface area contributed by atoms with E-state index < -0.39 is 6.10 Å². The molecule has 0 aliphatic carbocycles. The van der Waals surface area contributed by atoms with Crippen molar-refractivity contribution < 1.29 is 19.4 Å². The van der Waals surface area contributed by atoms with Gasteiger partial charge in [0.2, 0.25) is 0 Å². The largest absolute Gasteiger partial charge is 0.491 e. The Morgan fingerprint density at radius 1 is 1.03 bits per heavy atom. The molecule has 3 rings (SSSR count). The summed E-state index contributed by atoms with van der Waals surface area (Å²) >= 11 is 0. The molecule has 2 aromatic carbocycles. The zero-order valence-electron chi connectivity index (χ0n) is 17.2. The second-order valence-electron chi connectivity index (χ2n) is 7.48. The molecule has 1 heterocycles. The highest BCUT2D eigenvalue weighted by Crippen LogP contribution is 2.17. The van der Waals surface area contributed by atoms with Gasteiger partial charge in [-0.15, -0.1) is 0 Å². The molecule has 156 valence electrons. The highest BCUT2D eigenvalue weighted by molar-refractivity contribution is 5.72. The Bertz CT molecular complexity index is 768. The topological polar surface area (TPSA) is 62.2 Å². The first-order chi connectivity index (χ1) is 14.0. The summed E-state index contributed by atoms with van der Waals surface area (Å²) in [6.45, 7) is 6.70. The molecule has 29 heavy (non-hydrogen) atoms. The van der Waals surface area contributed by atoms with E-state index in [0.717, 1.165) is 31.7 Å². The van der Waals surface area contributed by atoms with Gasteiger partial charge in [-0.1, -0.05) is 29.8 Å². The number of benzene rings is 2. The maximum atomic E-state index is 11.3. The number of aryl methyl sites for hydroxylation is 1. The number of aliphatic hydroxyl groups is 1. The third-order valence-electron chi connectivity index (χ3n) is 5.18. The number of aliphatic hydroxyl groups excluding tert-OH is 1. The maximum Gasteiger partial charge on any atom is 0.309 e. The van der Waals surface area contributed by atoms with Crippen LogP contribution < -0.4 is 9.64 Å². The average molecular weight is 399 g/mol. The number of piperazine rings is 1. The van der Waals surface area contributed by atoms with Crippen LogP contribution in [-0.2, 0) is 16.0 Å². The molecule has 1 atom stereocenters. The van der Waals surface area contributed by atoms with Gasteiger partial charge in [0, 0.05) is 38.4 Å². The Hall–Kier alpha value is -2.57. The van der Waals surface area contributed by atoms with Crippen molar-refractivity contribution in [1.82, 2.24) is 4.90 Å². The van der Waals surface area contributed by atoms with Gasteiger partial charge >= 0.3 is 5.97 Å². The molecule has 1 unspecified atom stereocenters. The number of hydrogen-bond acceptors (Lipinski definition) is 6. The second kappa shape index (κ2) is 10.3. The summed E-state index contributed by atoms with van der Waals surface area (Å²) in [5, 5.41) is 10.3. The summed E-state index contributed by atoms with van der Waals surface area (Å²) in [5.41, 5.74) is 3.40. The summed E-state index contributed by atoms with van der Waals surface area (Å²) in [7, 11) is 1.38. The van der Waals surface area contributed by atoms with Crippen molar-refractivity contribution in [2.75, 3.05) is 51.3 Å². The van der Waals surface area contributed by atoms with E-state index in [9.17, 15) is 9.90 Å². The number of ether oxygens (including phenoxy) is 2. The molecule has 1 N–H and O–H groups in total. The zero-order chi connectivity index (χ0) is 20.6. The molecular weight excluding hydrogens is 368 g/mol. The molecule has 0 bridgehead atoms.